The maximum absolute atomic E-state index is 13.1. The molecule has 7 heteroatoms. The molecule has 2 aromatic rings. The second-order valence-electron chi connectivity index (χ2n) is 7.78. The van der Waals surface area contributed by atoms with Crippen LogP contribution in [0.5, 0.6) is 0 Å². The number of H-pyrrole nitrogens is 1. The number of amides is 1. The summed E-state index contributed by atoms with van der Waals surface area (Å²) in [5.74, 6) is 0.934. The van der Waals surface area contributed by atoms with Crippen molar-refractivity contribution in [3.05, 3.63) is 30.2 Å². The summed E-state index contributed by atoms with van der Waals surface area (Å²) in [6, 6.07) is 4.44. The lowest BCUT2D eigenvalue weighted by Crippen LogP contribution is -2.49. The highest BCUT2D eigenvalue weighted by atomic mass is 16.2. The van der Waals surface area contributed by atoms with Crippen molar-refractivity contribution >= 4 is 11.7 Å². The zero-order valence-electron chi connectivity index (χ0n) is 16.4. The number of likely N-dealkylation sites (tertiary alicyclic amines) is 1. The van der Waals surface area contributed by atoms with Crippen molar-refractivity contribution < 1.29 is 4.79 Å². The third-order valence-electron chi connectivity index (χ3n) is 6.09. The van der Waals surface area contributed by atoms with E-state index in [1.165, 1.54) is 0 Å². The van der Waals surface area contributed by atoms with Gasteiger partial charge in [-0.1, -0.05) is 0 Å². The molecule has 1 atom stereocenters. The summed E-state index contributed by atoms with van der Waals surface area (Å²) in [4.78, 5) is 24.3. The molecule has 4 rings (SSSR count). The van der Waals surface area contributed by atoms with Crippen LogP contribution in [0.4, 0.5) is 5.82 Å². The summed E-state index contributed by atoms with van der Waals surface area (Å²) in [7, 11) is 4.28. The summed E-state index contributed by atoms with van der Waals surface area (Å²) in [6.45, 7) is 4.93. The Balaban J connectivity index is 1.48. The zero-order valence-corrected chi connectivity index (χ0v) is 16.4. The van der Waals surface area contributed by atoms with Crippen LogP contribution in [-0.2, 0) is 4.79 Å². The first-order valence-corrected chi connectivity index (χ1v) is 9.73. The van der Waals surface area contributed by atoms with E-state index in [1.807, 2.05) is 30.2 Å². The van der Waals surface area contributed by atoms with Gasteiger partial charge in [-0.3, -0.25) is 19.7 Å². The van der Waals surface area contributed by atoms with E-state index >= 15 is 0 Å². The Kier molecular flexibility index (Phi) is 4.97. The molecular formula is C20H28N6O. The number of likely N-dealkylation sites (N-methyl/N-ethyl adjacent to an activating group) is 1. The SMILES string of the molecule is Cc1nc(N2CCC(N(C)C3CCN(C)CC3)C2=O)ccc1-c1cn[nH]c1. The van der Waals surface area contributed by atoms with E-state index in [4.69, 9.17) is 4.98 Å². The smallest absolute Gasteiger partial charge is 0.245 e. The molecule has 144 valence electrons. The van der Waals surface area contributed by atoms with E-state index in [0.717, 1.165) is 61.5 Å². The quantitative estimate of drug-likeness (QED) is 0.893. The normalized spacial score (nSPS) is 22.1. The maximum Gasteiger partial charge on any atom is 0.245 e. The van der Waals surface area contributed by atoms with Gasteiger partial charge in [0.1, 0.15) is 5.82 Å². The Bertz CT molecular complexity index is 797. The number of piperidine rings is 1. The van der Waals surface area contributed by atoms with E-state index in [-0.39, 0.29) is 11.9 Å². The summed E-state index contributed by atoms with van der Waals surface area (Å²) in [5, 5.41) is 6.84. The third-order valence-corrected chi connectivity index (χ3v) is 6.09. The van der Waals surface area contributed by atoms with E-state index < -0.39 is 0 Å². The van der Waals surface area contributed by atoms with Gasteiger partial charge in [0, 0.05) is 35.6 Å². The minimum Gasteiger partial charge on any atom is -0.306 e. The molecule has 0 saturated carbocycles. The standard InChI is InChI=1S/C20H28N6O/c1-14-17(15-12-21-22-13-15)4-5-19(23-14)26-11-8-18(20(26)27)25(3)16-6-9-24(2)10-7-16/h4-5,12-13,16,18H,6-11H2,1-3H3,(H,21,22). The first-order chi connectivity index (χ1) is 13.0. The second-order valence-corrected chi connectivity index (χ2v) is 7.78. The Hall–Kier alpha value is -2.25. The van der Waals surface area contributed by atoms with Crippen LogP contribution in [0.2, 0.25) is 0 Å². The predicted molar refractivity (Wildman–Crippen MR) is 106 cm³/mol. The average Bonchev–Trinajstić information content (AvgIpc) is 3.31. The molecule has 1 unspecified atom stereocenters. The molecule has 27 heavy (non-hydrogen) atoms. The van der Waals surface area contributed by atoms with E-state index in [9.17, 15) is 4.79 Å². The van der Waals surface area contributed by atoms with Crippen LogP contribution in [0.25, 0.3) is 11.1 Å². The number of rotatable bonds is 4. The summed E-state index contributed by atoms with van der Waals surface area (Å²) in [5.41, 5.74) is 2.96. The van der Waals surface area contributed by atoms with Crippen LogP contribution < -0.4 is 4.90 Å². The molecule has 2 aromatic heterocycles. The lowest BCUT2D eigenvalue weighted by Gasteiger charge is -2.37. The predicted octanol–water partition coefficient (Wildman–Crippen LogP) is 1.91. The molecule has 1 N–H and O–H groups in total. The monoisotopic (exact) mass is 368 g/mol. The number of anilines is 1. The minimum absolute atomic E-state index is 0.0333. The average molecular weight is 368 g/mol. The van der Waals surface area contributed by atoms with Crippen LogP contribution in [0.3, 0.4) is 0 Å². The summed E-state index contributed by atoms with van der Waals surface area (Å²) < 4.78 is 0. The van der Waals surface area contributed by atoms with E-state index in [0.29, 0.717) is 6.04 Å². The van der Waals surface area contributed by atoms with Gasteiger partial charge in [-0.05, 0) is 65.5 Å². The zero-order chi connectivity index (χ0) is 19.0. The highest BCUT2D eigenvalue weighted by Gasteiger charge is 2.38. The summed E-state index contributed by atoms with van der Waals surface area (Å²) >= 11 is 0. The number of carbonyl (C=O) groups excluding carboxylic acids is 1. The van der Waals surface area contributed by atoms with Gasteiger partial charge < -0.3 is 4.90 Å². The van der Waals surface area contributed by atoms with Crippen LogP contribution in [-0.4, -0.2) is 76.7 Å². The van der Waals surface area contributed by atoms with Gasteiger partial charge in [0.25, 0.3) is 0 Å². The number of aromatic amines is 1. The van der Waals surface area contributed by atoms with Crippen LogP contribution >= 0.6 is 0 Å². The highest BCUT2D eigenvalue weighted by Crippen LogP contribution is 2.29. The number of nitrogens with zero attached hydrogens (tertiary/aromatic N) is 5. The number of carbonyl (C=O) groups is 1. The van der Waals surface area contributed by atoms with Crippen molar-refractivity contribution in [2.75, 3.05) is 38.6 Å². The molecular weight excluding hydrogens is 340 g/mol. The number of pyridine rings is 1. The van der Waals surface area contributed by atoms with Crippen LogP contribution in [0, 0.1) is 6.92 Å². The molecule has 2 fully saturated rings. The van der Waals surface area contributed by atoms with Crippen molar-refractivity contribution in [1.82, 2.24) is 25.0 Å². The Morgan fingerprint density at radius 1 is 1.19 bits per heavy atom. The molecule has 0 radical (unpaired) electrons. The molecule has 7 nitrogen and oxygen atoms in total. The molecule has 0 aliphatic carbocycles. The van der Waals surface area contributed by atoms with Crippen LogP contribution in [0.1, 0.15) is 25.0 Å². The Morgan fingerprint density at radius 3 is 2.63 bits per heavy atom. The lowest BCUT2D eigenvalue weighted by molar-refractivity contribution is -0.122. The molecule has 0 aromatic carbocycles. The number of aromatic nitrogens is 3. The first-order valence-electron chi connectivity index (χ1n) is 9.73. The first kappa shape index (κ1) is 18.1. The lowest BCUT2D eigenvalue weighted by atomic mass is 10.0. The maximum atomic E-state index is 13.1. The van der Waals surface area contributed by atoms with Crippen molar-refractivity contribution in [2.24, 2.45) is 0 Å². The van der Waals surface area contributed by atoms with Crippen molar-refractivity contribution in [2.45, 2.75) is 38.3 Å². The fourth-order valence-corrected chi connectivity index (χ4v) is 4.33. The summed E-state index contributed by atoms with van der Waals surface area (Å²) in [6.07, 6.45) is 6.78. The molecule has 2 aliphatic heterocycles. The van der Waals surface area contributed by atoms with Crippen molar-refractivity contribution in [1.29, 1.82) is 0 Å². The van der Waals surface area contributed by atoms with E-state index in [2.05, 4.69) is 34.1 Å². The molecule has 2 saturated heterocycles. The second kappa shape index (κ2) is 7.40. The van der Waals surface area contributed by atoms with E-state index in [1.54, 1.807) is 6.20 Å². The van der Waals surface area contributed by atoms with Crippen molar-refractivity contribution in [3.63, 3.8) is 0 Å². The molecule has 4 heterocycles. The van der Waals surface area contributed by atoms with Crippen LogP contribution in [0.15, 0.2) is 24.5 Å². The number of hydrogen-bond acceptors (Lipinski definition) is 5. The topological polar surface area (TPSA) is 68.4 Å². The fourth-order valence-electron chi connectivity index (χ4n) is 4.33. The third kappa shape index (κ3) is 3.49. The highest BCUT2D eigenvalue weighted by molar-refractivity contribution is 5.98. The van der Waals surface area contributed by atoms with Gasteiger partial charge in [-0.15, -0.1) is 0 Å². The van der Waals surface area contributed by atoms with Gasteiger partial charge >= 0.3 is 0 Å². The Labute approximate surface area is 160 Å². The minimum atomic E-state index is -0.0333. The molecule has 1 amide bonds. The van der Waals surface area contributed by atoms with Gasteiger partial charge in [0.2, 0.25) is 5.91 Å². The molecule has 0 spiro atoms. The van der Waals surface area contributed by atoms with Gasteiger partial charge in [0.05, 0.1) is 12.2 Å². The van der Waals surface area contributed by atoms with Gasteiger partial charge in [-0.25, -0.2) is 4.98 Å². The van der Waals surface area contributed by atoms with Crippen molar-refractivity contribution in [3.8, 4) is 11.1 Å². The number of hydrogen-bond donors (Lipinski definition) is 1. The number of nitrogens with one attached hydrogen (secondary N) is 1. The molecule has 2 aliphatic rings. The fraction of sp³-hybridized carbons (Fsp3) is 0.550. The largest absolute Gasteiger partial charge is 0.306 e. The number of aryl methyl sites for hydroxylation is 1. The van der Waals surface area contributed by atoms with Gasteiger partial charge in [-0.2, -0.15) is 5.10 Å². The Morgan fingerprint density at radius 2 is 1.96 bits per heavy atom. The molecule has 0 bridgehead atoms. The van der Waals surface area contributed by atoms with Gasteiger partial charge in [0.15, 0.2) is 0 Å².